The number of benzene rings is 2. The maximum atomic E-state index is 14.3. The molecule has 0 amide bonds. The van der Waals surface area contributed by atoms with Crippen molar-refractivity contribution in [2.75, 3.05) is 13.7 Å². The quantitative estimate of drug-likeness (QED) is 0.866. The minimum Gasteiger partial charge on any atom is -0.497 e. The Balaban J connectivity index is 1.69. The molecule has 0 spiro atoms. The molecular weight excluding hydrogens is 341 g/mol. The van der Waals surface area contributed by atoms with Gasteiger partial charge in [-0.05, 0) is 43.2 Å². The van der Waals surface area contributed by atoms with Crippen LogP contribution in [0.3, 0.4) is 0 Å². The average molecular weight is 370 g/mol. The van der Waals surface area contributed by atoms with Gasteiger partial charge in [-0.2, -0.15) is 0 Å². The summed E-state index contributed by atoms with van der Waals surface area (Å²) in [6, 6.07) is 15.5. The van der Waals surface area contributed by atoms with Crippen LogP contribution in [0, 0.1) is 11.7 Å². The number of rotatable bonds is 4. The van der Waals surface area contributed by atoms with Gasteiger partial charge in [-0.3, -0.25) is 0 Å². The Labute approximate surface area is 160 Å². The van der Waals surface area contributed by atoms with Crippen molar-refractivity contribution in [3.05, 3.63) is 65.5 Å². The largest absolute Gasteiger partial charge is 0.497 e. The lowest BCUT2D eigenvalue weighted by atomic mass is 9.66. The first kappa shape index (κ1) is 18.5. The van der Waals surface area contributed by atoms with E-state index in [2.05, 4.69) is 12.1 Å². The number of fused-ring (bicyclic) bond motifs is 1. The Hall–Kier alpha value is -1.91. The summed E-state index contributed by atoms with van der Waals surface area (Å²) in [5.41, 5.74) is 1.39. The van der Waals surface area contributed by atoms with Crippen LogP contribution in [0.4, 0.5) is 4.39 Å². The Kier molecular flexibility index (Phi) is 5.20. The van der Waals surface area contributed by atoms with E-state index < -0.39 is 5.60 Å². The summed E-state index contributed by atoms with van der Waals surface area (Å²) in [5.74, 6) is 0.919. The number of methoxy groups -OCH3 is 1. The standard InChI is InChI=1S/C23H28FNO2/c1-27-19-11-9-17(10-12-19)22-20-7-4-5-13-23(20,26)14-15-25(22)16-18-6-2-3-8-21(18)24/h2-3,6,8-12,20,22,26H,4-5,7,13-16H2,1H3/p+1/t20-,22+,23-/m1/s1. The predicted octanol–water partition coefficient (Wildman–Crippen LogP) is 3.29. The van der Waals surface area contributed by atoms with Crippen LogP contribution >= 0.6 is 0 Å². The first-order valence-electron chi connectivity index (χ1n) is 10.0. The molecule has 1 aliphatic carbocycles. The number of hydrogen-bond acceptors (Lipinski definition) is 2. The first-order valence-corrected chi connectivity index (χ1v) is 10.0. The molecule has 0 aromatic heterocycles. The van der Waals surface area contributed by atoms with Gasteiger partial charge >= 0.3 is 0 Å². The highest BCUT2D eigenvalue weighted by atomic mass is 19.1. The van der Waals surface area contributed by atoms with Crippen molar-refractivity contribution in [2.24, 2.45) is 5.92 Å². The van der Waals surface area contributed by atoms with Crippen LogP contribution in [-0.2, 0) is 6.54 Å². The van der Waals surface area contributed by atoms with Crippen LogP contribution in [0.25, 0.3) is 0 Å². The summed E-state index contributed by atoms with van der Waals surface area (Å²) in [7, 11) is 1.67. The number of aliphatic hydroxyl groups is 1. The Bertz CT molecular complexity index is 778. The SMILES string of the molecule is COc1ccc([C@H]2[C@H]3CCCC[C@@]3(O)CC[NH+]2Cc2ccccc2F)cc1. The lowest BCUT2D eigenvalue weighted by Crippen LogP contribution is -3.13. The summed E-state index contributed by atoms with van der Waals surface area (Å²) in [6.45, 7) is 1.51. The molecule has 1 aliphatic heterocycles. The maximum absolute atomic E-state index is 14.3. The fraction of sp³-hybridized carbons (Fsp3) is 0.478. The molecule has 144 valence electrons. The smallest absolute Gasteiger partial charge is 0.132 e. The average Bonchev–Trinajstić information content (AvgIpc) is 2.70. The lowest BCUT2D eigenvalue weighted by molar-refractivity contribution is -0.958. The summed E-state index contributed by atoms with van der Waals surface area (Å²) in [4.78, 5) is 1.35. The van der Waals surface area contributed by atoms with Gasteiger partial charge in [0.2, 0.25) is 0 Å². The molecule has 0 bridgehead atoms. The van der Waals surface area contributed by atoms with Crippen LogP contribution < -0.4 is 9.64 Å². The third kappa shape index (κ3) is 3.61. The first-order chi connectivity index (χ1) is 13.1. The number of likely N-dealkylation sites (tertiary alicyclic amines) is 1. The Morgan fingerprint density at radius 1 is 1.11 bits per heavy atom. The van der Waals surface area contributed by atoms with E-state index in [-0.39, 0.29) is 17.8 Å². The van der Waals surface area contributed by atoms with Crippen molar-refractivity contribution in [3.63, 3.8) is 0 Å². The molecule has 4 rings (SSSR count). The molecule has 1 heterocycles. The molecule has 27 heavy (non-hydrogen) atoms. The molecule has 2 aromatic carbocycles. The highest BCUT2D eigenvalue weighted by molar-refractivity contribution is 5.29. The van der Waals surface area contributed by atoms with Crippen molar-refractivity contribution >= 4 is 0 Å². The monoisotopic (exact) mass is 370 g/mol. The van der Waals surface area contributed by atoms with Crippen molar-refractivity contribution in [1.82, 2.24) is 0 Å². The van der Waals surface area contributed by atoms with Crippen molar-refractivity contribution in [1.29, 1.82) is 0 Å². The van der Waals surface area contributed by atoms with E-state index in [1.807, 2.05) is 24.3 Å². The molecule has 2 aliphatic rings. The van der Waals surface area contributed by atoms with E-state index in [1.54, 1.807) is 13.2 Å². The second-order valence-corrected chi connectivity index (χ2v) is 8.13. The van der Waals surface area contributed by atoms with Gasteiger partial charge in [0, 0.05) is 23.5 Å². The molecule has 1 saturated heterocycles. The van der Waals surface area contributed by atoms with Gasteiger partial charge in [-0.1, -0.05) is 31.0 Å². The number of quaternary nitrogens is 1. The molecule has 2 N–H and O–H groups in total. The van der Waals surface area contributed by atoms with Crippen LogP contribution in [0.2, 0.25) is 0 Å². The van der Waals surface area contributed by atoms with Gasteiger partial charge in [-0.15, -0.1) is 0 Å². The van der Waals surface area contributed by atoms with E-state index in [0.717, 1.165) is 50.0 Å². The van der Waals surface area contributed by atoms with E-state index in [4.69, 9.17) is 4.74 Å². The molecule has 0 radical (unpaired) electrons. The van der Waals surface area contributed by atoms with Gasteiger partial charge in [0.05, 0.1) is 19.3 Å². The van der Waals surface area contributed by atoms with E-state index in [0.29, 0.717) is 6.54 Å². The van der Waals surface area contributed by atoms with Gasteiger partial charge in [0.25, 0.3) is 0 Å². The van der Waals surface area contributed by atoms with E-state index >= 15 is 0 Å². The molecule has 1 saturated carbocycles. The summed E-state index contributed by atoms with van der Waals surface area (Å²) >= 11 is 0. The van der Waals surface area contributed by atoms with Gasteiger partial charge in [0.1, 0.15) is 24.2 Å². The molecule has 4 heteroatoms. The van der Waals surface area contributed by atoms with Crippen LogP contribution in [0.15, 0.2) is 48.5 Å². The third-order valence-corrected chi connectivity index (χ3v) is 6.64. The number of ether oxygens (including phenoxy) is 1. The Morgan fingerprint density at radius 2 is 1.89 bits per heavy atom. The molecule has 4 atom stereocenters. The second kappa shape index (κ2) is 7.61. The fourth-order valence-electron chi connectivity index (χ4n) is 5.22. The normalized spacial score (nSPS) is 30.6. The minimum atomic E-state index is -0.582. The lowest BCUT2D eigenvalue weighted by Gasteiger charge is -2.50. The zero-order chi connectivity index (χ0) is 18.9. The number of hydrogen-bond donors (Lipinski definition) is 2. The topological polar surface area (TPSA) is 33.9 Å². The third-order valence-electron chi connectivity index (χ3n) is 6.64. The van der Waals surface area contributed by atoms with Crippen LogP contribution in [0.1, 0.15) is 49.3 Å². The van der Waals surface area contributed by atoms with Gasteiger partial charge in [0.15, 0.2) is 0 Å². The van der Waals surface area contributed by atoms with Crippen molar-refractivity contribution in [3.8, 4) is 5.75 Å². The zero-order valence-corrected chi connectivity index (χ0v) is 16.0. The molecular formula is C23H29FNO2+. The van der Waals surface area contributed by atoms with E-state index in [1.165, 1.54) is 16.5 Å². The molecule has 2 fully saturated rings. The van der Waals surface area contributed by atoms with Crippen LogP contribution in [0.5, 0.6) is 5.75 Å². The predicted molar refractivity (Wildman–Crippen MR) is 103 cm³/mol. The maximum Gasteiger partial charge on any atom is 0.132 e. The molecule has 3 nitrogen and oxygen atoms in total. The van der Waals surface area contributed by atoms with Crippen molar-refractivity contribution < 1.29 is 19.1 Å². The van der Waals surface area contributed by atoms with E-state index in [9.17, 15) is 9.50 Å². The Morgan fingerprint density at radius 3 is 2.63 bits per heavy atom. The van der Waals surface area contributed by atoms with Gasteiger partial charge in [-0.25, -0.2) is 4.39 Å². The van der Waals surface area contributed by atoms with Gasteiger partial charge < -0.3 is 14.7 Å². The molecule has 1 unspecified atom stereocenters. The summed E-state index contributed by atoms with van der Waals surface area (Å²) in [5, 5.41) is 11.3. The number of nitrogens with one attached hydrogen (secondary N) is 1. The fourth-order valence-corrected chi connectivity index (χ4v) is 5.22. The highest BCUT2D eigenvalue weighted by Gasteiger charge is 2.51. The highest BCUT2D eigenvalue weighted by Crippen LogP contribution is 2.44. The molecule has 2 aromatic rings. The van der Waals surface area contributed by atoms with Crippen LogP contribution in [-0.4, -0.2) is 24.4 Å². The zero-order valence-electron chi connectivity index (χ0n) is 16.0. The number of halogens is 1. The van der Waals surface area contributed by atoms with Crippen molar-refractivity contribution in [2.45, 2.75) is 50.3 Å². The minimum absolute atomic E-state index is 0.136. The summed E-state index contributed by atoms with van der Waals surface area (Å²) < 4.78 is 19.6. The summed E-state index contributed by atoms with van der Waals surface area (Å²) in [6.07, 6.45) is 4.98. The number of piperidine rings is 1. The second-order valence-electron chi connectivity index (χ2n) is 8.13.